The maximum absolute atomic E-state index is 13.6. The van der Waals surface area contributed by atoms with Crippen LogP contribution in [0.1, 0.15) is 34.2 Å². The normalized spacial score (nSPS) is 10.9. The summed E-state index contributed by atoms with van der Waals surface area (Å²) in [6.07, 6.45) is 9.03. The Morgan fingerprint density at radius 2 is 1.66 bits per heavy atom. The summed E-state index contributed by atoms with van der Waals surface area (Å²) in [7, 11) is 0. The second-order valence-electron chi connectivity index (χ2n) is 8.32. The molecule has 4 aromatic rings. The van der Waals surface area contributed by atoms with Crippen molar-refractivity contribution in [1.82, 2.24) is 4.98 Å². The number of pyridine rings is 1. The molecule has 32 heavy (non-hydrogen) atoms. The summed E-state index contributed by atoms with van der Waals surface area (Å²) in [4.78, 5) is 4.82. The molecule has 3 heteroatoms. The van der Waals surface area contributed by atoms with E-state index >= 15 is 0 Å². The summed E-state index contributed by atoms with van der Waals surface area (Å²) in [5.74, 6) is 2.82. The second kappa shape index (κ2) is 9.24. The van der Waals surface area contributed by atoms with E-state index in [1.807, 2.05) is 26.0 Å². The quantitative estimate of drug-likeness (QED) is 0.350. The van der Waals surface area contributed by atoms with Gasteiger partial charge in [-0.3, -0.25) is 0 Å². The van der Waals surface area contributed by atoms with Crippen molar-refractivity contribution in [2.45, 2.75) is 39.5 Å². The maximum atomic E-state index is 13.6. The molecule has 0 unspecified atom stereocenters. The number of rotatable bonds is 6. The lowest BCUT2D eigenvalue weighted by Crippen LogP contribution is -1.99. The molecule has 0 radical (unpaired) electrons. The Kier molecular flexibility index (Phi) is 6.23. The zero-order valence-electron chi connectivity index (χ0n) is 18.5. The lowest BCUT2D eigenvalue weighted by atomic mass is 9.93. The first-order chi connectivity index (χ1) is 15.4. The maximum Gasteiger partial charge on any atom is 0.123 e. The number of halogens is 1. The summed E-state index contributed by atoms with van der Waals surface area (Å²) in [5, 5.41) is 10.4. The Labute approximate surface area is 188 Å². The van der Waals surface area contributed by atoms with Crippen LogP contribution in [0.25, 0.3) is 22.2 Å². The monoisotopic (exact) mass is 423 g/mol. The molecule has 3 aromatic carbocycles. The van der Waals surface area contributed by atoms with E-state index in [2.05, 4.69) is 24.1 Å². The largest absolute Gasteiger partial charge is 0.508 e. The lowest BCUT2D eigenvalue weighted by Gasteiger charge is -2.13. The number of benzene rings is 3. The van der Waals surface area contributed by atoms with E-state index in [-0.39, 0.29) is 5.82 Å². The van der Waals surface area contributed by atoms with E-state index < -0.39 is 0 Å². The first-order valence-corrected chi connectivity index (χ1v) is 10.9. The van der Waals surface area contributed by atoms with Crippen LogP contribution in [-0.2, 0) is 19.3 Å². The van der Waals surface area contributed by atoms with Crippen molar-refractivity contribution in [3.05, 3.63) is 94.3 Å². The fourth-order valence-electron chi connectivity index (χ4n) is 4.26. The molecule has 0 aliphatic heterocycles. The standard InChI is InChI=1S/C29H26FNO/c1-4-6-22-9-10-24(29-20(3)15-25-18-26(30)12-14-28(25)31-29)17-23(22)8-5-7-21-11-13-27(32)16-19(21)2/h1,9-18,32H,5-8H2,2-3H3. The number of terminal acetylenes is 1. The number of nitrogens with zero attached hydrogens (tertiary/aromatic N) is 1. The number of fused-ring (bicyclic) bond motifs is 1. The Morgan fingerprint density at radius 1 is 0.875 bits per heavy atom. The molecule has 1 heterocycles. The van der Waals surface area contributed by atoms with Crippen molar-refractivity contribution in [3.8, 4) is 29.4 Å². The van der Waals surface area contributed by atoms with E-state index in [0.717, 1.165) is 52.5 Å². The molecule has 0 spiro atoms. The van der Waals surface area contributed by atoms with Crippen molar-refractivity contribution in [3.63, 3.8) is 0 Å². The van der Waals surface area contributed by atoms with Gasteiger partial charge >= 0.3 is 0 Å². The molecule has 0 aliphatic rings. The van der Waals surface area contributed by atoms with Crippen LogP contribution in [0.5, 0.6) is 5.75 Å². The van der Waals surface area contributed by atoms with Gasteiger partial charge in [0.2, 0.25) is 0 Å². The number of hydrogen-bond donors (Lipinski definition) is 1. The van der Waals surface area contributed by atoms with Crippen molar-refractivity contribution >= 4 is 10.9 Å². The Bertz CT molecular complexity index is 1330. The van der Waals surface area contributed by atoms with Gasteiger partial charge in [-0.15, -0.1) is 12.3 Å². The van der Waals surface area contributed by atoms with Crippen LogP contribution < -0.4 is 0 Å². The van der Waals surface area contributed by atoms with Crippen LogP contribution in [0, 0.1) is 32.0 Å². The molecular weight excluding hydrogens is 397 g/mol. The van der Waals surface area contributed by atoms with E-state index in [0.29, 0.717) is 12.2 Å². The van der Waals surface area contributed by atoms with Gasteiger partial charge in [0.1, 0.15) is 11.6 Å². The van der Waals surface area contributed by atoms with Crippen LogP contribution in [0.15, 0.2) is 60.7 Å². The second-order valence-corrected chi connectivity index (χ2v) is 8.32. The molecule has 0 amide bonds. The molecule has 0 bridgehead atoms. The fourth-order valence-corrected chi connectivity index (χ4v) is 4.26. The summed E-state index contributed by atoms with van der Waals surface area (Å²) in [6, 6.07) is 18.6. The fraction of sp³-hybridized carbons (Fsp3) is 0.207. The molecule has 160 valence electrons. The van der Waals surface area contributed by atoms with Gasteiger partial charge < -0.3 is 5.11 Å². The minimum absolute atomic E-state index is 0.253. The Morgan fingerprint density at radius 3 is 2.44 bits per heavy atom. The minimum atomic E-state index is -0.253. The SMILES string of the molecule is C#CCc1ccc(-c2nc3ccc(F)cc3cc2C)cc1CCCc1ccc(O)cc1C. The molecule has 1 N–H and O–H groups in total. The molecule has 0 atom stereocenters. The molecule has 1 aromatic heterocycles. The number of aromatic hydroxyl groups is 1. The third-order valence-electron chi connectivity index (χ3n) is 5.96. The molecule has 0 saturated heterocycles. The van der Waals surface area contributed by atoms with Gasteiger partial charge in [0.15, 0.2) is 0 Å². The summed E-state index contributed by atoms with van der Waals surface area (Å²) < 4.78 is 13.6. The topological polar surface area (TPSA) is 33.1 Å². The highest BCUT2D eigenvalue weighted by molar-refractivity contribution is 5.83. The molecule has 0 saturated carbocycles. The molecule has 0 aliphatic carbocycles. The van der Waals surface area contributed by atoms with Crippen LogP contribution in [0.3, 0.4) is 0 Å². The van der Waals surface area contributed by atoms with E-state index in [1.165, 1.54) is 28.8 Å². The third-order valence-corrected chi connectivity index (χ3v) is 5.96. The molecule has 4 rings (SSSR count). The summed E-state index contributed by atoms with van der Waals surface area (Å²) >= 11 is 0. The van der Waals surface area contributed by atoms with Crippen molar-refractivity contribution in [2.24, 2.45) is 0 Å². The predicted octanol–water partition coefficient (Wildman–Crippen LogP) is 6.71. The van der Waals surface area contributed by atoms with Crippen LogP contribution in [0.4, 0.5) is 4.39 Å². The molecular formula is C29H26FNO. The van der Waals surface area contributed by atoms with Crippen molar-refractivity contribution in [2.75, 3.05) is 0 Å². The number of aromatic nitrogens is 1. The van der Waals surface area contributed by atoms with Crippen LogP contribution >= 0.6 is 0 Å². The summed E-state index contributed by atoms with van der Waals surface area (Å²) in [6.45, 7) is 4.04. The van der Waals surface area contributed by atoms with Crippen molar-refractivity contribution < 1.29 is 9.50 Å². The summed E-state index contributed by atoms with van der Waals surface area (Å²) in [5.41, 5.74) is 8.50. The van der Waals surface area contributed by atoms with Gasteiger partial charge in [0.25, 0.3) is 0 Å². The van der Waals surface area contributed by atoms with E-state index in [9.17, 15) is 9.50 Å². The number of hydrogen-bond acceptors (Lipinski definition) is 2. The van der Waals surface area contributed by atoms with Crippen molar-refractivity contribution in [1.29, 1.82) is 0 Å². The van der Waals surface area contributed by atoms with E-state index in [4.69, 9.17) is 11.4 Å². The molecule has 0 fully saturated rings. The lowest BCUT2D eigenvalue weighted by molar-refractivity contribution is 0.474. The third kappa shape index (κ3) is 4.65. The number of phenolic OH excluding ortho intramolecular Hbond substituents is 1. The van der Waals surface area contributed by atoms with E-state index in [1.54, 1.807) is 18.2 Å². The Hall–Kier alpha value is -3.64. The van der Waals surface area contributed by atoms with Crippen LogP contribution in [-0.4, -0.2) is 10.1 Å². The average Bonchev–Trinajstić information content (AvgIpc) is 2.76. The number of aryl methyl sites for hydroxylation is 4. The first-order valence-electron chi connectivity index (χ1n) is 10.9. The number of phenols is 1. The smallest absolute Gasteiger partial charge is 0.123 e. The predicted molar refractivity (Wildman–Crippen MR) is 129 cm³/mol. The zero-order chi connectivity index (χ0) is 22.7. The van der Waals surface area contributed by atoms with Crippen LogP contribution in [0.2, 0.25) is 0 Å². The Balaban J connectivity index is 1.63. The highest BCUT2D eigenvalue weighted by atomic mass is 19.1. The van der Waals surface area contributed by atoms with Gasteiger partial charge in [0.05, 0.1) is 11.2 Å². The van der Waals surface area contributed by atoms with Gasteiger partial charge in [-0.25, -0.2) is 9.37 Å². The zero-order valence-corrected chi connectivity index (χ0v) is 18.5. The van der Waals surface area contributed by atoms with Gasteiger partial charge in [-0.05, 0) is 103 Å². The van der Waals surface area contributed by atoms with Gasteiger partial charge in [-0.1, -0.05) is 18.2 Å². The van der Waals surface area contributed by atoms with Gasteiger partial charge in [0, 0.05) is 17.4 Å². The average molecular weight is 424 g/mol. The first kappa shape index (κ1) is 21.6. The highest BCUT2D eigenvalue weighted by Crippen LogP contribution is 2.28. The minimum Gasteiger partial charge on any atom is -0.508 e. The highest BCUT2D eigenvalue weighted by Gasteiger charge is 2.11. The molecule has 2 nitrogen and oxygen atoms in total. The van der Waals surface area contributed by atoms with Gasteiger partial charge in [-0.2, -0.15) is 0 Å².